The first-order chi connectivity index (χ1) is 14.5. The Labute approximate surface area is 181 Å². The van der Waals surface area contributed by atoms with Crippen molar-refractivity contribution in [1.29, 1.82) is 0 Å². The lowest BCUT2D eigenvalue weighted by atomic mass is 10.0. The molecule has 2 aromatic carbocycles. The maximum absolute atomic E-state index is 13.0. The van der Waals surface area contributed by atoms with Crippen molar-refractivity contribution in [1.82, 2.24) is 19.5 Å². The smallest absolute Gasteiger partial charge is 0.260 e. The van der Waals surface area contributed by atoms with E-state index in [4.69, 9.17) is 4.98 Å². The molecule has 0 aliphatic rings. The van der Waals surface area contributed by atoms with Gasteiger partial charge in [-0.05, 0) is 31.5 Å². The Balaban J connectivity index is 1.50. The number of aryl methyl sites for hydroxylation is 3. The minimum absolute atomic E-state index is 0.0828. The van der Waals surface area contributed by atoms with Gasteiger partial charge < -0.3 is 9.55 Å². The van der Waals surface area contributed by atoms with E-state index in [0.717, 1.165) is 37.0 Å². The monoisotopic (exact) mass is 432 g/mol. The van der Waals surface area contributed by atoms with Crippen molar-refractivity contribution < 1.29 is 0 Å². The van der Waals surface area contributed by atoms with Crippen molar-refractivity contribution in [2.75, 3.05) is 0 Å². The van der Waals surface area contributed by atoms with Crippen molar-refractivity contribution in [2.24, 2.45) is 7.05 Å². The van der Waals surface area contributed by atoms with Gasteiger partial charge in [0.2, 0.25) is 0 Å². The van der Waals surface area contributed by atoms with Gasteiger partial charge in [-0.15, -0.1) is 11.3 Å². The number of H-pyrrole nitrogens is 1. The summed E-state index contributed by atoms with van der Waals surface area (Å²) < 4.78 is 2.07. The quantitative estimate of drug-likeness (QED) is 0.384. The van der Waals surface area contributed by atoms with Gasteiger partial charge in [0.25, 0.3) is 5.56 Å². The second kappa shape index (κ2) is 7.41. The van der Waals surface area contributed by atoms with Gasteiger partial charge in [0.1, 0.15) is 10.7 Å². The fourth-order valence-corrected chi connectivity index (χ4v) is 5.61. The highest BCUT2D eigenvalue weighted by molar-refractivity contribution is 7.98. The van der Waals surface area contributed by atoms with Crippen LogP contribution in [0.15, 0.2) is 58.5 Å². The van der Waals surface area contributed by atoms with Crippen molar-refractivity contribution in [3.63, 3.8) is 0 Å². The van der Waals surface area contributed by atoms with Gasteiger partial charge in [0.15, 0.2) is 5.16 Å². The molecule has 0 aliphatic carbocycles. The van der Waals surface area contributed by atoms with Crippen molar-refractivity contribution >= 4 is 44.3 Å². The highest BCUT2D eigenvalue weighted by Crippen LogP contribution is 2.36. The highest BCUT2D eigenvalue weighted by atomic mass is 32.2. The predicted octanol–water partition coefficient (Wildman–Crippen LogP) is 5.45. The molecule has 0 spiro atoms. The summed E-state index contributed by atoms with van der Waals surface area (Å²) in [6.45, 7) is 4.11. The molecule has 0 radical (unpaired) electrons. The molecule has 0 aliphatic heterocycles. The predicted molar refractivity (Wildman–Crippen MR) is 125 cm³/mol. The molecule has 3 heterocycles. The Bertz CT molecular complexity index is 1440. The minimum Gasteiger partial charge on any atom is -0.322 e. The topological polar surface area (TPSA) is 63.6 Å². The molecule has 0 fully saturated rings. The number of thioether (sulfide) groups is 1. The van der Waals surface area contributed by atoms with Crippen LogP contribution in [0.2, 0.25) is 0 Å². The van der Waals surface area contributed by atoms with Crippen LogP contribution < -0.4 is 5.56 Å². The van der Waals surface area contributed by atoms with E-state index in [1.807, 2.05) is 25.2 Å². The number of benzene rings is 2. The van der Waals surface area contributed by atoms with Gasteiger partial charge in [-0.25, -0.2) is 9.97 Å². The van der Waals surface area contributed by atoms with Crippen LogP contribution in [-0.2, 0) is 12.8 Å². The van der Waals surface area contributed by atoms with Crippen molar-refractivity contribution in [3.05, 3.63) is 75.1 Å². The summed E-state index contributed by atoms with van der Waals surface area (Å²) in [6.07, 6.45) is 0. The summed E-state index contributed by atoms with van der Waals surface area (Å²) in [6, 6.07) is 16.3. The summed E-state index contributed by atoms with van der Waals surface area (Å²) >= 11 is 3.15. The van der Waals surface area contributed by atoms with Crippen molar-refractivity contribution in [3.8, 4) is 11.1 Å². The van der Waals surface area contributed by atoms with Crippen LogP contribution in [0.3, 0.4) is 0 Å². The van der Waals surface area contributed by atoms with Gasteiger partial charge in [-0.3, -0.25) is 4.79 Å². The molecule has 0 bridgehead atoms. The molecule has 0 atom stereocenters. The lowest BCUT2D eigenvalue weighted by Crippen LogP contribution is -2.11. The van der Waals surface area contributed by atoms with Crippen LogP contribution in [0.5, 0.6) is 0 Å². The molecule has 0 unspecified atom stereocenters. The first-order valence-corrected chi connectivity index (χ1v) is 11.4. The Morgan fingerprint density at radius 2 is 1.83 bits per heavy atom. The standard InChI is InChI=1S/C23H20N4OS2/c1-13-8-10-15(11-9-13)19-14(2)30-22-20(19)21(28)25-18(26-22)12-29-23-24-16-6-4-5-7-17(16)27(23)3/h4-11H,12H2,1-3H3,(H,25,26,28). The zero-order valence-electron chi connectivity index (χ0n) is 16.9. The molecule has 5 aromatic rings. The lowest BCUT2D eigenvalue weighted by Gasteiger charge is -2.04. The number of nitrogens with zero attached hydrogens (tertiary/aromatic N) is 3. The SMILES string of the molecule is Cc1ccc(-c2c(C)sc3nc(CSc4nc5ccccc5n4C)[nH]c(=O)c23)cc1. The molecule has 3 aromatic heterocycles. The first-order valence-electron chi connectivity index (χ1n) is 9.65. The summed E-state index contributed by atoms with van der Waals surface area (Å²) in [4.78, 5) is 27.3. The summed E-state index contributed by atoms with van der Waals surface area (Å²) in [5.74, 6) is 1.22. The number of thiophene rings is 1. The fourth-order valence-electron chi connectivity index (χ4n) is 3.69. The third kappa shape index (κ3) is 3.24. The van der Waals surface area contributed by atoms with Crippen LogP contribution in [0.25, 0.3) is 32.4 Å². The molecule has 1 N–H and O–H groups in total. The molecule has 150 valence electrons. The average Bonchev–Trinajstić information content (AvgIpc) is 3.24. The summed E-state index contributed by atoms with van der Waals surface area (Å²) in [5.41, 5.74) is 5.21. The summed E-state index contributed by atoms with van der Waals surface area (Å²) in [5, 5.41) is 1.58. The highest BCUT2D eigenvalue weighted by Gasteiger charge is 2.17. The molecule has 30 heavy (non-hydrogen) atoms. The number of hydrogen-bond acceptors (Lipinski definition) is 5. The third-order valence-corrected chi connectivity index (χ3v) is 7.25. The Morgan fingerprint density at radius 3 is 2.60 bits per heavy atom. The number of aromatic nitrogens is 4. The third-order valence-electron chi connectivity index (χ3n) is 5.21. The Kier molecular flexibility index (Phi) is 4.72. The molecule has 0 amide bonds. The number of fused-ring (bicyclic) bond motifs is 2. The van der Waals surface area contributed by atoms with Crippen molar-refractivity contribution in [2.45, 2.75) is 24.8 Å². The molecular formula is C23H20N4OS2. The maximum Gasteiger partial charge on any atom is 0.260 e. The number of para-hydroxylation sites is 2. The molecule has 0 saturated heterocycles. The zero-order chi connectivity index (χ0) is 20.8. The largest absolute Gasteiger partial charge is 0.322 e. The second-order valence-electron chi connectivity index (χ2n) is 7.32. The van der Waals surface area contributed by atoms with Gasteiger partial charge in [0.05, 0.1) is 22.2 Å². The zero-order valence-corrected chi connectivity index (χ0v) is 18.5. The van der Waals surface area contributed by atoms with E-state index >= 15 is 0 Å². The minimum atomic E-state index is -0.0828. The number of aromatic amines is 1. The van der Waals surface area contributed by atoms with E-state index in [0.29, 0.717) is 17.0 Å². The molecule has 7 heteroatoms. The Hall–Kier alpha value is -2.90. The number of rotatable bonds is 4. The molecule has 5 nitrogen and oxygen atoms in total. The van der Waals surface area contributed by atoms with E-state index in [1.54, 1.807) is 23.1 Å². The number of hydrogen-bond donors (Lipinski definition) is 1. The van der Waals surface area contributed by atoms with E-state index < -0.39 is 0 Å². The van der Waals surface area contributed by atoms with Crippen LogP contribution in [-0.4, -0.2) is 19.5 Å². The van der Waals surface area contributed by atoms with E-state index in [1.165, 1.54) is 5.56 Å². The van der Waals surface area contributed by atoms with E-state index in [9.17, 15) is 4.79 Å². The molecule has 5 rings (SSSR count). The average molecular weight is 433 g/mol. The lowest BCUT2D eigenvalue weighted by molar-refractivity contribution is 0.814. The van der Waals surface area contributed by atoms with Gasteiger partial charge >= 0.3 is 0 Å². The van der Waals surface area contributed by atoms with Crippen LogP contribution in [0.1, 0.15) is 16.3 Å². The second-order valence-corrected chi connectivity index (χ2v) is 9.47. The Morgan fingerprint density at radius 1 is 1.07 bits per heavy atom. The summed E-state index contributed by atoms with van der Waals surface area (Å²) in [7, 11) is 2.01. The van der Waals surface area contributed by atoms with E-state index in [-0.39, 0.29) is 5.56 Å². The fraction of sp³-hybridized carbons (Fsp3) is 0.174. The molecular weight excluding hydrogens is 412 g/mol. The van der Waals surface area contributed by atoms with Crippen LogP contribution in [0, 0.1) is 13.8 Å². The van der Waals surface area contributed by atoms with Gasteiger partial charge in [-0.1, -0.05) is 53.7 Å². The molecule has 0 saturated carbocycles. The number of nitrogens with one attached hydrogen (secondary N) is 1. The first kappa shape index (κ1) is 19.1. The van der Waals surface area contributed by atoms with Crippen LogP contribution in [0.4, 0.5) is 0 Å². The van der Waals surface area contributed by atoms with Gasteiger partial charge in [0, 0.05) is 17.5 Å². The van der Waals surface area contributed by atoms with Gasteiger partial charge in [-0.2, -0.15) is 0 Å². The number of imidazole rings is 1. The van der Waals surface area contributed by atoms with E-state index in [2.05, 4.69) is 58.7 Å². The normalized spacial score (nSPS) is 11.6. The van der Waals surface area contributed by atoms with Crippen LogP contribution >= 0.6 is 23.1 Å². The maximum atomic E-state index is 13.0.